The van der Waals surface area contributed by atoms with Gasteiger partial charge in [0.25, 0.3) is 0 Å². The molecular formula is C9H11F3N2O3S. The van der Waals surface area contributed by atoms with Crippen LogP contribution in [0, 0.1) is 0 Å². The maximum absolute atomic E-state index is 11.7. The van der Waals surface area contributed by atoms with Crippen LogP contribution in [-0.4, -0.2) is 44.0 Å². The summed E-state index contributed by atoms with van der Waals surface area (Å²) in [4.78, 5) is 15.3. The quantitative estimate of drug-likeness (QED) is 0.639. The number of thiazole rings is 1. The average Bonchev–Trinajstić information content (AvgIpc) is 2.75. The lowest BCUT2D eigenvalue weighted by atomic mass is 10.6. The van der Waals surface area contributed by atoms with Crippen molar-refractivity contribution in [3.8, 4) is 0 Å². The molecule has 0 amide bonds. The highest BCUT2D eigenvalue weighted by Gasteiger charge is 2.27. The third-order valence-corrected chi connectivity index (χ3v) is 2.62. The summed E-state index contributed by atoms with van der Waals surface area (Å²) in [7, 11) is 1.25. The van der Waals surface area contributed by atoms with E-state index in [4.69, 9.17) is 0 Å². The largest absolute Gasteiger partial charge is 0.465 e. The Morgan fingerprint density at radius 1 is 1.56 bits per heavy atom. The van der Waals surface area contributed by atoms with Gasteiger partial charge in [0.05, 0.1) is 19.9 Å². The molecule has 0 spiro atoms. The Kier molecular flexibility index (Phi) is 5.35. The summed E-state index contributed by atoms with van der Waals surface area (Å²) in [5.41, 5.74) is 0. The standard InChI is InChI=1S/C9H11F3N2O3S/c1-16-7(15)6-4-14-8(18-6)13-2-3-17-5-9(10,11)12/h4H,2-3,5H2,1H3,(H,13,14). The van der Waals surface area contributed by atoms with Crippen LogP contribution in [0.15, 0.2) is 6.20 Å². The normalized spacial score (nSPS) is 11.3. The van der Waals surface area contributed by atoms with Crippen LogP contribution in [0.25, 0.3) is 0 Å². The smallest absolute Gasteiger partial charge is 0.411 e. The summed E-state index contributed by atoms with van der Waals surface area (Å²) < 4.78 is 44.1. The van der Waals surface area contributed by atoms with Crippen molar-refractivity contribution >= 4 is 22.4 Å². The lowest BCUT2D eigenvalue weighted by molar-refractivity contribution is -0.172. The van der Waals surface area contributed by atoms with Crippen molar-refractivity contribution in [1.82, 2.24) is 4.98 Å². The van der Waals surface area contributed by atoms with Crippen LogP contribution < -0.4 is 5.32 Å². The number of hydrogen-bond donors (Lipinski definition) is 1. The first-order chi connectivity index (χ1) is 8.42. The van der Waals surface area contributed by atoms with Crippen molar-refractivity contribution in [2.75, 3.05) is 32.2 Å². The van der Waals surface area contributed by atoms with Gasteiger partial charge in [0.1, 0.15) is 11.5 Å². The zero-order chi connectivity index (χ0) is 13.6. The summed E-state index contributed by atoms with van der Waals surface area (Å²) in [5.74, 6) is -0.506. The van der Waals surface area contributed by atoms with Crippen LogP contribution >= 0.6 is 11.3 Å². The number of nitrogens with one attached hydrogen (secondary N) is 1. The van der Waals surface area contributed by atoms with E-state index in [2.05, 4.69) is 19.8 Å². The van der Waals surface area contributed by atoms with Crippen LogP contribution in [-0.2, 0) is 9.47 Å². The third-order valence-electron chi connectivity index (χ3n) is 1.68. The van der Waals surface area contributed by atoms with E-state index < -0.39 is 18.8 Å². The van der Waals surface area contributed by atoms with Crippen molar-refractivity contribution in [1.29, 1.82) is 0 Å². The molecule has 0 saturated heterocycles. The fraction of sp³-hybridized carbons (Fsp3) is 0.556. The van der Waals surface area contributed by atoms with Gasteiger partial charge in [0.15, 0.2) is 5.13 Å². The van der Waals surface area contributed by atoms with Gasteiger partial charge >= 0.3 is 12.1 Å². The highest BCUT2D eigenvalue weighted by atomic mass is 32.1. The Balaban J connectivity index is 2.24. The van der Waals surface area contributed by atoms with Crippen LogP contribution in [0.4, 0.5) is 18.3 Å². The van der Waals surface area contributed by atoms with E-state index in [1.807, 2.05) is 0 Å². The highest BCUT2D eigenvalue weighted by molar-refractivity contribution is 7.17. The summed E-state index contributed by atoms with van der Waals surface area (Å²) in [5, 5.41) is 3.16. The first kappa shape index (κ1) is 14.7. The fourth-order valence-electron chi connectivity index (χ4n) is 0.969. The molecule has 0 saturated carbocycles. The Bertz CT molecular complexity index is 395. The first-order valence-corrected chi connectivity index (χ1v) is 5.66. The number of anilines is 1. The van der Waals surface area contributed by atoms with Gasteiger partial charge in [-0.2, -0.15) is 13.2 Å². The Morgan fingerprint density at radius 2 is 2.28 bits per heavy atom. The highest BCUT2D eigenvalue weighted by Crippen LogP contribution is 2.18. The number of carbonyl (C=O) groups is 1. The van der Waals surface area contributed by atoms with E-state index in [0.717, 1.165) is 11.3 Å². The molecule has 1 aromatic heterocycles. The second-order valence-corrected chi connectivity index (χ2v) is 4.15. The molecule has 0 bridgehead atoms. The second kappa shape index (κ2) is 6.55. The molecule has 0 aliphatic rings. The van der Waals surface area contributed by atoms with E-state index in [1.165, 1.54) is 13.3 Å². The molecule has 1 aromatic rings. The predicted octanol–water partition coefficient (Wildman–Crippen LogP) is 1.92. The fourth-order valence-corrected chi connectivity index (χ4v) is 1.73. The maximum Gasteiger partial charge on any atom is 0.411 e. The zero-order valence-electron chi connectivity index (χ0n) is 9.41. The first-order valence-electron chi connectivity index (χ1n) is 4.85. The van der Waals surface area contributed by atoms with Crippen molar-refractivity contribution in [2.45, 2.75) is 6.18 Å². The van der Waals surface area contributed by atoms with Crippen molar-refractivity contribution in [2.24, 2.45) is 0 Å². The van der Waals surface area contributed by atoms with E-state index in [-0.39, 0.29) is 13.2 Å². The molecule has 5 nitrogen and oxygen atoms in total. The molecular weight excluding hydrogens is 273 g/mol. The second-order valence-electron chi connectivity index (χ2n) is 3.12. The monoisotopic (exact) mass is 284 g/mol. The topological polar surface area (TPSA) is 60.5 Å². The van der Waals surface area contributed by atoms with Gasteiger partial charge in [-0.15, -0.1) is 0 Å². The molecule has 102 valence electrons. The molecule has 1 N–H and O–H groups in total. The number of rotatable bonds is 6. The lowest BCUT2D eigenvalue weighted by Gasteiger charge is -2.07. The number of methoxy groups -OCH3 is 1. The molecule has 9 heteroatoms. The third kappa shape index (κ3) is 5.32. The Labute approximate surface area is 105 Å². The van der Waals surface area contributed by atoms with Crippen LogP contribution in [0.1, 0.15) is 9.67 Å². The maximum atomic E-state index is 11.7. The number of halogens is 3. The molecule has 0 radical (unpaired) electrons. The van der Waals surface area contributed by atoms with Crippen molar-refractivity contribution in [3.63, 3.8) is 0 Å². The van der Waals surface area contributed by atoms with Gasteiger partial charge in [-0.3, -0.25) is 0 Å². The summed E-state index contributed by atoms with van der Waals surface area (Å²) >= 11 is 1.05. The molecule has 1 heterocycles. The molecule has 1 rings (SSSR count). The van der Waals surface area contributed by atoms with Gasteiger partial charge in [0, 0.05) is 6.54 Å². The Morgan fingerprint density at radius 3 is 2.89 bits per heavy atom. The number of hydrogen-bond acceptors (Lipinski definition) is 6. The lowest BCUT2D eigenvalue weighted by Crippen LogP contribution is -2.20. The van der Waals surface area contributed by atoms with Crippen LogP contribution in [0.2, 0.25) is 0 Å². The summed E-state index contributed by atoms with van der Waals surface area (Å²) in [6.07, 6.45) is -2.99. The number of nitrogens with zero attached hydrogens (tertiary/aromatic N) is 1. The van der Waals surface area contributed by atoms with Gasteiger partial charge < -0.3 is 14.8 Å². The number of alkyl halides is 3. The number of esters is 1. The summed E-state index contributed by atoms with van der Waals surface area (Å²) in [6.45, 7) is -1.21. The summed E-state index contributed by atoms with van der Waals surface area (Å²) in [6, 6.07) is 0. The van der Waals surface area contributed by atoms with E-state index in [9.17, 15) is 18.0 Å². The molecule has 0 aliphatic carbocycles. The molecule has 0 unspecified atom stereocenters. The zero-order valence-corrected chi connectivity index (χ0v) is 10.2. The average molecular weight is 284 g/mol. The SMILES string of the molecule is COC(=O)c1cnc(NCCOCC(F)(F)F)s1. The number of carbonyl (C=O) groups excluding carboxylic acids is 1. The van der Waals surface area contributed by atoms with Gasteiger partial charge in [-0.05, 0) is 0 Å². The molecule has 0 aliphatic heterocycles. The van der Waals surface area contributed by atoms with Crippen molar-refractivity contribution < 1.29 is 27.4 Å². The Hall–Kier alpha value is -1.35. The predicted molar refractivity (Wildman–Crippen MR) is 58.8 cm³/mol. The van der Waals surface area contributed by atoms with Crippen molar-refractivity contribution in [3.05, 3.63) is 11.1 Å². The number of ether oxygens (including phenoxy) is 2. The molecule has 0 fully saturated rings. The van der Waals surface area contributed by atoms with E-state index in [0.29, 0.717) is 10.0 Å². The molecule has 0 atom stereocenters. The van der Waals surface area contributed by atoms with E-state index >= 15 is 0 Å². The van der Waals surface area contributed by atoms with Crippen LogP contribution in [0.5, 0.6) is 0 Å². The minimum atomic E-state index is -4.32. The van der Waals surface area contributed by atoms with Gasteiger partial charge in [-0.25, -0.2) is 9.78 Å². The van der Waals surface area contributed by atoms with E-state index in [1.54, 1.807) is 0 Å². The minimum Gasteiger partial charge on any atom is -0.465 e. The molecule has 0 aromatic carbocycles. The van der Waals surface area contributed by atoms with Gasteiger partial charge in [0.2, 0.25) is 0 Å². The minimum absolute atomic E-state index is 0.105. The number of aromatic nitrogens is 1. The van der Waals surface area contributed by atoms with Crippen LogP contribution in [0.3, 0.4) is 0 Å². The molecule has 18 heavy (non-hydrogen) atoms. The van der Waals surface area contributed by atoms with Gasteiger partial charge in [-0.1, -0.05) is 11.3 Å².